The number of hydrogen-bond donors (Lipinski definition) is 0. The molecule has 2 atom stereocenters. The fraction of sp³-hybridized carbons (Fsp3) is 0.636. The van der Waals surface area contributed by atoms with E-state index >= 15 is 0 Å². The van der Waals surface area contributed by atoms with Crippen molar-refractivity contribution in [2.75, 3.05) is 7.11 Å². The van der Waals surface area contributed by atoms with E-state index < -0.39 is 42.2 Å². The normalized spacial score (nSPS) is 22.5. The summed E-state index contributed by atoms with van der Waals surface area (Å²) in [6.45, 7) is 0. The van der Waals surface area contributed by atoms with Crippen LogP contribution in [0.2, 0.25) is 0 Å². The van der Waals surface area contributed by atoms with Crippen LogP contribution in [0.25, 0.3) is 0 Å². The topological polar surface area (TPSA) is 52.6 Å². The van der Waals surface area contributed by atoms with E-state index in [-0.39, 0.29) is 0 Å². The van der Waals surface area contributed by atoms with Crippen LogP contribution in [-0.2, 0) is 19.1 Å². The van der Waals surface area contributed by atoms with Crippen LogP contribution in [0.4, 0.5) is 26.3 Å². The Morgan fingerprint density at radius 1 is 1.14 bits per heavy atom. The first-order chi connectivity index (χ1) is 9.46. The minimum absolute atomic E-state index is 0.304. The number of rotatable bonds is 4. The van der Waals surface area contributed by atoms with Crippen LogP contribution in [0, 0.1) is 11.8 Å². The summed E-state index contributed by atoms with van der Waals surface area (Å²) in [5.41, 5.74) is 0. The Labute approximate surface area is 114 Å². The van der Waals surface area contributed by atoms with Crippen molar-refractivity contribution >= 4 is 11.9 Å². The van der Waals surface area contributed by atoms with Crippen LogP contribution in [0.1, 0.15) is 6.42 Å². The van der Waals surface area contributed by atoms with E-state index in [0.29, 0.717) is 12.5 Å². The van der Waals surface area contributed by atoms with E-state index in [0.717, 1.165) is 13.2 Å². The number of hydrogen-bond acceptors (Lipinski definition) is 4. The Hall–Kier alpha value is -1.74. The molecule has 1 aliphatic rings. The molecular formula is C11H10F6O4. The number of ether oxygens (including phenoxy) is 2. The monoisotopic (exact) mass is 320 g/mol. The third-order valence-electron chi connectivity index (χ3n) is 2.65. The largest absolute Gasteiger partial charge is 0.469 e. The van der Waals surface area contributed by atoms with Crippen molar-refractivity contribution in [1.82, 2.24) is 0 Å². The van der Waals surface area contributed by atoms with Crippen LogP contribution >= 0.6 is 0 Å². The summed E-state index contributed by atoms with van der Waals surface area (Å²) in [7, 11) is 1.13. The lowest BCUT2D eigenvalue weighted by Gasteiger charge is -2.22. The summed E-state index contributed by atoms with van der Waals surface area (Å²) >= 11 is 0. The zero-order chi connectivity index (χ0) is 16.4. The molecule has 1 fully saturated rings. The average molecular weight is 320 g/mol. The van der Waals surface area contributed by atoms with Gasteiger partial charge in [0.05, 0.1) is 13.0 Å². The lowest BCUT2D eigenvalue weighted by Crippen LogP contribution is -2.45. The molecule has 2 unspecified atom stereocenters. The zero-order valence-corrected chi connectivity index (χ0v) is 10.5. The summed E-state index contributed by atoms with van der Waals surface area (Å²) in [5, 5.41) is 0. The van der Waals surface area contributed by atoms with Gasteiger partial charge in [0, 0.05) is 6.08 Å². The van der Waals surface area contributed by atoms with Crippen LogP contribution in [0.15, 0.2) is 12.2 Å². The van der Waals surface area contributed by atoms with Gasteiger partial charge in [0.1, 0.15) is 0 Å². The maximum Gasteiger partial charge on any atom is 0.434 e. The van der Waals surface area contributed by atoms with Crippen molar-refractivity contribution < 1.29 is 45.4 Å². The van der Waals surface area contributed by atoms with E-state index in [9.17, 15) is 35.9 Å². The molecular weight excluding hydrogens is 310 g/mol. The first-order valence-electron chi connectivity index (χ1n) is 5.57. The lowest BCUT2D eigenvalue weighted by atomic mass is 10.3. The molecule has 120 valence electrons. The van der Waals surface area contributed by atoms with Crippen molar-refractivity contribution in [3.63, 3.8) is 0 Å². The summed E-state index contributed by atoms with van der Waals surface area (Å²) in [4.78, 5) is 22.0. The van der Waals surface area contributed by atoms with Gasteiger partial charge in [-0.15, -0.1) is 0 Å². The number of carbonyl (C=O) groups excluding carboxylic acids is 2. The second-order valence-electron chi connectivity index (χ2n) is 4.29. The fourth-order valence-corrected chi connectivity index (χ4v) is 1.53. The maximum absolute atomic E-state index is 12.1. The Morgan fingerprint density at radius 3 is 2.10 bits per heavy atom. The van der Waals surface area contributed by atoms with Gasteiger partial charge in [-0.05, 0) is 12.3 Å². The highest BCUT2D eigenvalue weighted by atomic mass is 19.4. The quantitative estimate of drug-likeness (QED) is 0.453. The molecule has 1 aliphatic carbocycles. The Balaban J connectivity index is 2.59. The van der Waals surface area contributed by atoms with Crippen LogP contribution in [0.5, 0.6) is 0 Å². The van der Waals surface area contributed by atoms with E-state index in [2.05, 4.69) is 9.47 Å². The molecule has 0 heterocycles. The van der Waals surface area contributed by atoms with E-state index in [1.165, 1.54) is 0 Å². The van der Waals surface area contributed by atoms with Crippen molar-refractivity contribution in [3.8, 4) is 0 Å². The molecule has 0 N–H and O–H groups in total. The van der Waals surface area contributed by atoms with Gasteiger partial charge >= 0.3 is 24.3 Å². The summed E-state index contributed by atoms with van der Waals surface area (Å²) in [6.07, 6.45) is -13.9. The SMILES string of the molecule is COC(=O)C1CC1C=CC(=O)OC(C(F)(F)F)C(F)(F)F. The van der Waals surface area contributed by atoms with Gasteiger partial charge < -0.3 is 9.47 Å². The maximum atomic E-state index is 12.1. The molecule has 0 saturated heterocycles. The third-order valence-corrected chi connectivity index (χ3v) is 2.65. The molecule has 0 spiro atoms. The van der Waals surface area contributed by atoms with Crippen LogP contribution in [-0.4, -0.2) is 37.5 Å². The van der Waals surface area contributed by atoms with E-state index in [4.69, 9.17) is 0 Å². The van der Waals surface area contributed by atoms with Gasteiger partial charge in [-0.2, -0.15) is 26.3 Å². The second kappa shape index (κ2) is 5.94. The molecule has 21 heavy (non-hydrogen) atoms. The number of methoxy groups -OCH3 is 1. The van der Waals surface area contributed by atoms with Crippen molar-refractivity contribution in [2.45, 2.75) is 24.9 Å². The third kappa shape index (κ3) is 4.94. The second-order valence-corrected chi connectivity index (χ2v) is 4.29. The molecule has 1 rings (SSSR count). The highest BCUT2D eigenvalue weighted by Crippen LogP contribution is 2.40. The first-order valence-corrected chi connectivity index (χ1v) is 5.57. The molecule has 0 aromatic carbocycles. The van der Waals surface area contributed by atoms with E-state index in [1.54, 1.807) is 0 Å². The Morgan fingerprint density at radius 2 is 1.67 bits per heavy atom. The number of alkyl halides is 6. The first kappa shape index (κ1) is 17.3. The number of allylic oxidation sites excluding steroid dienone is 1. The van der Waals surface area contributed by atoms with E-state index in [1.807, 2.05) is 0 Å². The van der Waals surface area contributed by atoms with Gasteiger partial charge in [0.15, 0.2) is 0 Å². The standard InChI is InChI=1S/C11H10F6O4/c1-20-8(19)6-4-5(6)2-3-7(18)21-9(10(12,13)14)11(15,16)17/h2-3,5-6,9H,4H2,1H3. The summed E-state index contributed by atoms with van der Waals surface area (Å²) in [6, 6.07) is 0. The molecule has 0 aliphatic heterocycles. The van der Waals surface area contributed by atoms with Crippen molar-refractivity contribution in [3.05, 3.63) is 12.2 Å². The predicted molar refractivity (Wildman–Crippen MR) is 54.7 cm³/mol. The summed E-state index contributed by atoms with van der Waals surface area (Å²) < 4.78 is 80.5. The molecule has 0 aromatic rings. The van der Waals surface area contributed by atoms with Gasteiger partial charge in [-0.1, -0.05) is 6.08 Å². The Kier molecular flexibility index (Phi) is 4.90. The Bertz CT molecular complexity index is 425. The van der Waals surface area contributed by atoms with Gasteiger partial charge in [0.2, 0.25) is 0 Å². The van der Waals surface area contributed by atoms with Crippen LogP contribution in [0.3, 0.4) is 0 Å². The average Bonchev–Trinajstić information content (AvgIpc) is 3.09. The molecule has 1 saturated carbocycles. The fourth-order valence-electron chi connectivity index (χ4n) is 1.53. The lowest BCUT2D eigenvalue weighted by molar-refractivity contribution is -0.312. The van der Waals surface area contributed by atoms with Gasteiger partial charge in [-0.25, -0.2) is 4.79 Å². The number of halogens is 6. The minimum Gasteiger partial charge on any atom is -0.469 e. The molecule has 4 nitrogen and oxygen atoms in total. The number of esters is 2. The highest BCUT2D eigenvalue weighted by molar-refractivity contribution is 5.83. The van der Waals surface area contributed by atoms with Crippen molar-refractivity contribution in [1.29, 1.82) is 0 Å². The number of carbonyl (C=O) groups is 2. The van der Waals surface area contributed by atoms with Gasteiger partial charge in [-0.3, -0.25) is 4.79 Å². The van der Waals surface area contributed by atoms with Crippen molar-refractivity contribution in [2.24, 2.45) is 11.8 Å². The predicted octanol–water partition coefficient (Wildman–Crippen LogP) is 2.39. The minimum atomic E-state index is -5.75. The molecule has 0 radical (unpaired) electrons. The molecule has 10 heteroatoms. The molecule has 0 amide bonds. The van der Waals surface area contributed by atoms with Gasteiger partial charge in [0.25, 0.3) is 6.10 Å². The smallest absolute Gasteiger partial charge is 0.434 e. The molecule has 0 aromatic heterocycles. The molecule has 0 bridgehead atoms. The zero-order valence-electron chi connectivity index (χ0n) is 10.5. The highest BCUT2D eigenvalue weighted by Gasteiger charge is 2.59. The van der Waals surface area contributed by atoms with Crippen LogP contribution < -0.4 is 0 Å². The summed E-state index contributed by atoms with van der Waals surface area (Å²) in [5.74, 6) is -3.35.